The second-order valence-corrected chi connectivity index (χ2v) is 7.24. The van der Waals surface area contributed by atoms with E-state index in [0.717, 1.165) is 38.7 Å². The molecular weight excluding hydrogens is 328 g/mol. The van der Waals surface area contributed by atoms with Crippen molar-refractivity contribution in [2.24, 2.45) is 7.05 Å². The van der Waals surface area contributed by atoms with Crippen LogP contribution < -0.4 is 9.80 Å². The minimum Gasteiger partial charge on any atom is -0.350 e. The monoisotopic (exact) mass is 355 g/mol. The van der Waals surface area contributed by atoms with Crippen molar-refractivity contribution >= 4 is 11.9 Å². The number of aryl methyl sites for hydroxylation is 1. The van der Waals surface area contributed by atoms with Crippen LogP contribution in [0.15, 0.2) is 36.8 Å². The van der Waals surface area contributed by atoms with Gasteiger partial charge in [0.1, 0.15) is 6.04 Å². The summed E-state index contributed by atoms with van der Waals surface area (Å²) >= 11 is 0. The summed E-state index contributed by atoms with van der Waals surface area (Å²) in [5.74, 6) is 1.03. The summed E-state index contributed by atoms with van der Waals surface area (Å²) < 4.78 is 2.19. The standard InChI is InChI=1S/C19H26N6O/c1-22-9-2-5-16(22)17-6-3-10-25(17)15-18(26)23-11-13-24(14-12-23)19-20-7-4-8-21-19/h2,4-5,7-9,17H,3,6,10-15H2,1H3/p+1/t17-/m1/s1. The highest BCUT2D eigenvalue weighted by Gasteiger charge is 2.34. The van der Waals surface area contributed by atoms with Crippen LogP contribution in [0.4, 0.5) is 5.95 Å². The molecule has 0 bridgehead atoms. The number of hydrogen-bond donors (Lipinski definition) is 1. The Morgan fingerprint density at radius 1 is 1.19 bits per heavy atom. The van der Waals surface area contributed by atoms with Crippen LogP contribution in [0.25, 0.3) is 0 Å². The van der Waals surface area contributed by atoms with Gasteiger partial charge in [-0.15, -0.1) is 0 Å². The summed E-state index contributed by atoms with van der Waals surface area (Å²) in [6.07, 6.45) is 7.98. The lowest BCUT2D eigenvalue weighted by Gasteiger charge is -2.35. The zero-order chi connectivity index (χ0) is 17.9. The Hall–Kier alpha value is -2.41. The maximum Gasteiger partial charge on any atom is 0.277 e. The molecule has 2 aromatic rings. The molecule has 2 aliphatic rings. The van der Waals surface area contributed by atoms with Crippen LogP contribution in [0.2, 0.25) is 0 Å². The Balaban J connectivity index is 1.33. The molecule has 2 aliphatic heterocycles. The lowest BCUT2D eigenvalue weighted by molar-refractivity contribution is -0.911. The second kappa shape index (κ2) is 7.45. The van der Waals surface area contributed by atoms with Crippen LogP contribution in [0.5, 0.6) is 0 Å². The van der Waals surface area contributed by atoms with Gasteiger partial charge in [-0.2, -0.15) is 0 Å². The molecule has 0 radical (unpaired) electrons. The highest BCUT2D eigenvalue weighted by molar-refractivity contribution is 5.77. The summed E-state index contributed by atoms with van der Waals surface area (Å²) in [7, 11) is 2.10. The van der Waals surface area contributed by atoms with E-state index < -0.39 is 0 Å². The molecule has 138 valence electrons. The van der Waals surface area contributed by atoms with E-state index >= 15 is 0 Å². The van der Waals surface area contributed by atoms with Gasteiger partial charge in [0.2, 0.25) is 5.95 Å². The Kier molecular flexibility index (Phi) is 4.88. The van der Waals surface area contributed by atoms with Crippen LogP contribution in [-0.4, -0.2) is 64.6 Å². The van der Waals surface area contributed by atoms with Gasteiger partial charge in [-0.3, -0.25) is 4.79 Å². The summed E-state index contributed by atoms with van der Waals surface area (Å²) in [6, 6.07) is 6.56. The molecule has 2 fully saturated rings. The van der Waals surface area contributed by atoms with Crippen LogP contribution in [0, 0.1) is 0 Å². The van der Waals surface area contributed by atoms with Gasteiger partial charge in [0.15, 0.2) is 6.54 Å². The molecule has 0 saturated carbocycles. The first-order chi connectivity index (χ1) is 12.7. The molecule has 4 heterocycles. The second-order valence-electron chi connectivity index (χ2n) is 7.24. The average Bonchev–Trinajstić information content (AvgIpc) is 3.31. The van der Waals surface area contributed by atoms with Crippen LogP contribution >= 0.6 is 0 Å². The molecule has 7 heteroatoms. The fourth-order valence-corrected chi connectivity index (χ4v) is 4.23. The molecule has 0 aromatic carbocycles. The largest absolute Gasteiger partial charge is 0.350 e. The predicted octanol–water partition coefficient (Wildman–Crippen LogP) is -0.116. The van der Waals surface area contributed by atoms with Gasteiger partial charge in [0.05, 0.1) is 12.2 Å². The fraction of sp³-hybridized carbons (Fsp3) is 0.526. The lowest BCUT2D eigenvalue weighted by atomic mass is 10.1. The van der Waals surface area contributed by atoms with Crippen molar-refractivity contribution in [1.29, 1.82) is 0 Å². The molecule has 2 atom stereocenters. The van der Waals surface area contributed by atoms with Gasteiger partial charge in [0.25, 0.3) is 5.91 Å². The normalized spacial score (nSPS) is 23.4. The number of carbonyl (C=O) groups excluding carboxylic acids is 1. The van der Waals surface area contributed by atoms with E-state index in [1.807, 2.05) is 11.0 Å². The smallest absolute Gasteiger partial charge is 0.277 e. The number of amides is 1. The van der Waals surface area contributed by atoms with E-state index in [1.54, 1.807) is 12.4 Å². The number of aromatic nitrogens is 3. The molecule has 0 spiro atoms. The van der Waals surface area contributed by atoms with Crippen molar-refractivity contribution in [3.05, 3.63) is 42.5 Å². The molecule has 0 aliphatic carbocycles. The molecule has 2 aromatic heterocycles. The van der Waals surface area contributed by atoms with E-state index in [0.29, 0.717) is 12.6 Å². The molecule has 26 heavy (non-hydrogen) atoms. The summed E-state index contributed by atoms with van der Waals surface area (Å²) in [5.41, 5.74) is 1.34. The molecule has 4 rings (SSSR count). The predicted molar refractivity (Wildman–Crippen MR) is 98.9 cm³/mol. The number of anilines is 1. The van der Waals surface area contributed by atoms with Gasteiger partial charge in [-0.05, 0) is 18.2 Å². The molecule has 1 unspecified atom stereocenters. The van der Waals surface area contributed by atoms with Crippen molar-refractivity contribution in [1.82, 2.24) is 19.4 Å². The number of nitrogens with zero attached hydrogens (tertiary/aromatic N) is 5. The Bertz CT molecular complexity index is 737. The van der Waals surface area contributed by atoms with Crippen molar-refractivity contribution < 1.29 is 9.69 Å². The van der Waals surface area contributed by atoms with Crippen molar-refractivity contribution in [3.63, 3.8) is 0 Å². The van der Waals surface area contributed by atoms with E-state index in [2.05, 4.69) is 44.8 Å². The number of rotatable bonds is 4. The van der Waals surface area contributed by atoms with Crippen LogP contribution in [0.1, 0.15) is 24.6 Å². The zero-order valence-corrected chi connectivity index (χ0v) is 15.3. The first-order valence-corrected chi connectivity index (χ1v) is 9.48. The highest BCUT2D eigenvalue weighted by atomic mass is 16.2. The van der Waals surface area contributed by atoms with Gasteiger partial charge in [0, 0.05) is 64.7 Å². The third-order valence-electron chi connectivity index (χ3n) is 5.67. The first-order valence-electron chi connectivity index (χ1n) is 9.48. The van der Waals surface area contributed by atoms with Gasteiger partial charge < -0.3 is 19.3 Å². The molecule has 2 saturated heterocycles. The van der Waals surface area contributed by atoms with Crippen molar-refractivity contribution in [2.45, 2.75) is 18.9 Å². The molecule has 1 amide bonds. The van der Waals surface area contributed by atoms with E-state index in [-0.39, 0.29) is 5.91 Å². The van der Waals surface area contributed by atoms with E-state index in [9.17, 15) is 4.79 Å². The minimum atomic E-state index is 0.273. The number of likely N-dealkylation sites (tertiary alicyclic amines) is 1. The number of nitrogens with one attached hydrogen (secondary N) is 1. The van der Waals surface area contributed by atoms with Gasteiger partial charge in [-0.1, -0.05) is 0 Å². The van der Waals surface area contributed by atoms with Gasteiger partial charge >= 0.3 is 0 Å². The van der Waals surface area contributed by atoms with E-state index in [4.69, 9.17) is 0 Å². The maximum absolute atomic E-state index is 12.8. The van der Waals surface area contributed by atoms with Crippen molar-refractivity contribution in [2.75, 3.05) is 44.2 Å². The third kappa shape index (κ3) is 3.44. The Labute approximate surface area is 154 Å². The minimum absolute atomic E-state index is 0.273. The average molecular weight is 355 g/mol. The Morgan fingerprint density at radius 2 is 1.96 bits per heavy atom. The van der Waals surface area contributed by atoms with E-state index in [1.165, 1.54) is 23.4 Å². The van der Waals surface area contributed by atoms with Crippen molar-refractivity contribution in [3.8, 4) is 0 Å². The summed E-state index contributed by atoms with van der Waals surface area (Å²) in [6.45, 7) is 4.77. The molecule has 1 N–H and O–H groups in total. The maximum atomic E-state index is 12.8. The number of quaternary nitrogens is 1. The lowest BCUT2D eigenvalue weighted by Crippen LogP contribution is -3.11. The molecular formula is C19H27N6O+. The number of hydrogen-bond acceptors (Lipinski definition) is 4. The number of carbonyl (C=O) groups is 1. The van der Waals surface area contributed by atoms with Crippen LogP contribution in [-0.2, 0) is 11.8 Å². The zero-order valence-electron chi connectivity index (χ0n) is 15.3. The summed E-state index contributed by atoms with van der Waals surface area (Å²) in [5, 5.41) is 0. The third-order valence-corrected chi connectivity index (χ3v) is 5.67. The SMILES string of the molecule is Cn1cccc1[C@H]1CCC[NH+]1CC(=O)N1CCN(c2ncccn2)CC1. The van der Waals surface area contributed by atoms with Crippen LogP contribution in [0.3, 0.4) is 0 Å². The number of piperazine rings is 1. The Morgan fingerprint density at radius 3 is 2.65 bits per heavy atom. The molecule has 7 nitrogen and oxygen atoms in total. The fourth-order valence-electron chi connectivity index (χ4n) is 4.23. The topological polar surface area (TPSA) is 58.7 Å². The highest BCUT2D eigenvalue weighted by Crippen LogP contribution is 2.19. The summed E-state index contributed by atoms with van der Waals surface area (Å²) in [4.78, 5) is 27.0. The van der Waals surface area contributed by atoms with Gasteiger partial charge in [-0.25, -0.2) is 9.97 Å². The first kappa shape index (κ1) is 17.0. The quantitative estimate of drug-likeness (QED) is 0.831.